The molecule has 7 heteroatoms. The number of rotatable bonds is 5. The van der Waals surface area contributed by atoms with Crippen LogP contribution in [-0.4, -0.2) is 21.8 Å². The largest absolute Gasteiger partial charge is 0.491 e. The van der Waals surface area contributed by atoms with Gasteiger partial charge in [-0.3, -0.25) is 9.48 Å². The first-order valence-corrected chi connectivity index (χ1v) is 7.92. The number of hydrogen-bond donors (Lipinski definition) is 1. The fraction of sp³-hybridized carbons (Fsp3) is 0.278. The van der Waals surface area contributed by atoms with Gasteiger partial charge < -0.3 is 14.5 Å². The molecule has 0 radical (unpaired) electrons. The minimum Gasteiger partial charge on any atom is -0.491 e. The first kappa shape index (κ1) is 16.8. The molecule has 3 rings (SSSR count). The lowest BCUT2D eigenvalue weighted by Gasteiger charge is -2.11. The highest BCUT2D eigenvalue weighted by Gasteiger charge is 2.14. The van der Waals surface area contributed by atoms with E-state index in [1.54, 1.807) is 36.1 Å². The summed E-state index contributed by atoms with van der Waals surface area (Å²) in [6, 6.07) is 6.29. The molecule has 130 valence electrons. The molecule has 0 bridgehead atoms. The van der Waals surface area contributed by atoms with Gasteiger partial charge in [0.1, 0.15) is 11.3 Å². The zero-order valence-corrected chi connectivity index (χ0v) is 14.3. The number of carbonyl (C=O) groups is 1. The first-order chi connectivity index (χ1) is 11.9. The Bertz CT molecular complexity index is 972. The number of aryl methyl sites for hydroxylation is 1. The summed E-state index contributed by atoms with van der Waals surface area (Å²) in [5.74, 6) is 0.234. The lowest BCUT2D eigenvalue weighted by molar-refractivity contribution is 0.0952. The van der Waals surface area contributed by atoms with E-state index in [9.17, 15) is 9.59 Å². The van der Waals surface area contributed by atoms with Gasteiger partial charge in [-0.05, 0) is 26.0 Å². The molecule has 0 aliphatic heterocycles. The fourth-order valence-electron chi connectivity index (χ4n) is 2.52. The highest BCUT2D eigenvalue weighted by molar-refractivity contribution is 6.05. The van der Waals surface area contributed by atoms with Gasteiger partial charge in [-0.25, -0.2) is 4.79 Å². The number of hydrogen-bond acceptors (Lipinski definition) is 5. The van der Waals surface area contributed by atoms with Crippen LogP contribution in [0.1, 0.15) is 29.8 Å². The molecule has 1 aromatic carbocycles. The summed E-state index contributed by atoms with van der Waals surface area (Å²) in [6.45, 7) is 4.13. The number of carbonyl (C=O) groups excluding carboxylic acids is 1. The summed E-state index contributed by atoms with van der Waals surface area (Å²) in [7, 11) is 1.80. The molecule has 0 aliphatic carbocycles. The molecule has 25 heavy (non-hydrogen) atoms. The van der Waals surface area contributed by atoms with Crippen molar-refractivity contribution in [3.8, 4) is 5.75 Å². The van der Waals surface area contributed by atoms with E-state index in [1.807, 2.05) is 20.0 Å². The van der Waals surface area contributed by atoms with E-state index in [4.69, 9.17) is 9.15 Å². The van der Waals surface area contributed by atoms with E-state index >= 15 is 0 Å². The molecular formula is C18H19N3O4. The maximum Gasteiger partial charge on any atom is 0.337 e. The van der Waals surface area contributed by atoms with Gasteiger partial charge in [0.25, 0.3) is 5.91 Å². The van der Waals surface area contributed by atoms with E-state index in [0.29, 0.717) is 23.3 Å². The maximum atomic E-state index is 12.5. The minimum atomic E-state index is -0.583. The third kappa shape index (κ3) is 3.88. The fourth-order valence-corrected chi connectivity index (χ4v) is 2.52. The van der Waals surface area contributed by atoms with Gasteiger partial charge in [-0.15, -0.1) is 0 Å². The lowest BCUT2D eigenvalue weighted by atomic mass is 10.1. The SMILES string of the molecule is CC(C)Oc1ccc2c(C(=O)NCc3cnn(C)c3)cc(=O)oc2c1. The van der Waals surface area contributed by atoms with E-state index in [2.05, 4.69) is 10.4 Å². The quantitative estimate of drug-likeness (QED) is 0.719. The van der Waals surface area contributed by atoms with Crippen molar-refractivity contribution in [2.24, 2.45) is 7.05 Å². The summed E-state index contributed by atoms with van der Waals surface area (Å²) < 4.78 is 12.5. The van der Waals surface area contributed by atoms with Crippen LogP contribution in [0.5, 0.6) is 5.75 Å². The van der Waals surface area contributed by atoms with Crippen LogP contribution in [0.3, 0.4) is 0 Å². The van der Waals surface area contributed by atoms with Gasteiger partial charge in [0.2, 0.25) is 0 Å². The van der Waals surface area contributed by atoms with Crippen LogP contribution in [0.2, 0.25) is 0 Å². The van der Waals surface area contributed by atoms with Crippen LogP contribution in [-0.2, 0) is 13.6 Å². The zero-order chi connectivity index (χ0) is 18.0. The molecule has 1 N–H and O–H groups in total. The third-order valence-corrected chi connectivity index (χ3v) is 3.54. The van der Waals surface area contributed by atoms with E-state index in [-0.39, 0.29) is 17.6 Å². The van der Waals surface area contributed by atoms with Gasteiger partial charge in [0.05, 0.1) is 17.9 Å². The number of ether oxygens (including phenoxy) is 1. The Morgan fingerprint density at radius 3 is 2.84 bits per heavy atom. The number of nitrogens with zero attached hydrogens (tertiary/aromatic N) is 2. The Balaban J connectivity index is 1.89. The van der Waals surface area contributed by atoms with Crippen molar-refractivity contribution >= 4 is 16.9 Å². The average Bonchev–Trinajstić information content (AvgIpc) is 2.96. The Kier molecular flexibility index (Phi) is 4.56. The lowest BCUT2D eigenvalue weighted by Crippen LogP contribution is -2.24. The molecular weight excluding hydrogens is 322 g/mol. The second-order valence-corrected chi connectivity index (χ2v) is 6.01. The highest BCUT2D eigenvalue weighted by atomic mass is 16.5. The van der Waals surface area contributed by atoms with Crippen LogP contribution in [0.4, 0.5) is 0 Å². The molecule has 2 aromatic heterocycles. The smallest absolute Gasteiger partial charge is 0.337 e. The van der Waals surface area contributed by atoms with Crippen LogP contribution >= 0.6 is 0 Å². The van der Waals surface area contributed by atoms with E-state index < -0.39 is 5.63 Å². The molecule has 0 unspecified atom stereocenters. The average molecular weight is 341 g/mol. The second kappa shape index (κ2) is 6.80. The zero-order valence-electron chi connectivity index (χ0n) is 14.3. The molecule has 0 saturated heterocycles. The molecule has 1 amide bonds. The Hall–Kier alpha value is -3.09. The van der Waals surface area contributed by atoms with Gasteiger partial charge in [0, 0.05) is 42.9 Å². The Morgan fingerprint density at radius 2 is 2.16 bits per heavy atom. The molecule has 0 spiro atoms. The van der Waals surface area contributed by atoms with Crippen molar-refractivity contribution in [3.63, 3.8) is 0 Å². The highest BCUT2D eigenvalue weighted by Crippen LogP contribution is 2.23. The summed E-state index contributed by atoms with van der Waals surface area (Å²) in [4.78, 5) is 24.3. The molecule has 0 fully saturated rings. The van der Waals surface area contributed by atoms with Gasteiger partial charge in [-0.2, -0.15) is 5.10 Å². The predicted molar refractivity (Wildman–Crippen MR) is 92.6 cm³/mol. The van der Waals surface area contributed by atoms with Crippen molar-refractivity contribution in [2.75, 3.05) is 0 Å². The molecule has 2 heterocycles. The first-order valence-electron chi connectivity index (χ1n) is 7.92. The van der Waals surface area contributed by atoms with Gasteiger partial charge in [-0.1, -0.05) is 0 Å². The Morgan fingerprint density at radius 1 is 1.36 bits per heavy atom. The van der Waals surface area contributed by atoms with Crippen LogP contribution in [0.25, 0.3) is 11.0 Å². The predicted octanol–water partition coefficient (Wildman–Crippen LogP) is 2.24. The van der Waals surface area contributed by atoms with Crippen molar-refractivity contribution in [2.45, 2.75) is 26.5 Å². The molecule has 0 saturated carbocycles. The second-order valence-electron chi connectivity index (χ2n) is 6.01. The number of fused-ring (bicyclic) bond motifs is 1. The van der Waals surface area contributed by atoms with Crippen LogP contribution < -0.4 is 15.7 Å². The van der Waals surface area contributed by atoms with Crippen molar-refractivity contribution < 1.29 is 13.9 Å². The monoisotopic (exact) mass is 341 g/mol. The van der Waals surface area contributed by atoms with Crippen molar-refractivity contribution in [3.05, 3.63) is 58.2 Å². The Labute approximate surface area is 144 Å². The maximum absolute atomic E-state index is 12.5. The van der Waals surface area contributed by atoms with Gasteiger partial charge >= 0.3 is 5.63 Å². The normalized spacial score (nSPS) is 11.0. The summed E-state index contributed by atoms with van der Waals surface area (Å²) in [6.07, 6.45) is 3.48. The molecule has 3 aromatic rings. The summed E-state index contributed by atoms with van der Waals surface area (Å²) >= 11 is 0. The number of amides is 1. The van der Waals surface area contributed by atoms with Crippen molar-refractivity contribution in [1.29, 1.82) is 0 Å². The minimum absolute atomic E-state index is 0.00450. The van der Waals surface area contributed by atoms with Crippen LogP contribution in [0.15, 0.2) is 45.9 Å². The summed E-state index contributed by atoms with van der Waals surface area (Å²) in [5, 5.41) is 7.40. The topological polar surface area (TPSA) is 86.4 Å². The molecule has 7 nitrogen and oxygen atoms in total. The third-order valence-electron chi connectivity index (χ3n) is 3.54. The van der Waals surface area contributed by atoms with E-state index in [0.717, 1.165) is 5.56 Å². The molecule has 0 atom stereocenters. The van der Waals surface area contributed by atoms with Gasteiger partial charge in [0.15, 0.2) is 0 Å². The van der Waals surface area contributed by atoms with Crippen LogP contribution in [0, 0.1) is 0 Å². The van der Waals surface area contributed by atoms with Crippen molar-refractivity contribution in [1.82, 2.24) is 15.1 Å². The van der Waals surface area contributed by atoms with E-state index in [1.165, 1.54) is 6.07 Å². The summed E-state index contributed by atoms with van der Waals surface area (Å²) in [5.41, 5.74) is 0.875. The standard InChI is InChI=1S/C18H19N3O4/c1-11(2)24-13-4-5-14-15(7-17(22)25-16(14)6-13)18(23)19-8-12-9-20-21(3)10-12/h4-7,9-11H,8H2,1-3H3,(H,19,23). The number of aromatic nitrogens is 2. The number of nitrogens with one attached hydrogen (secondary N) is 1. The number of benzene rings is 1. The molecule has 0 aliphatic rings.